The van der Waals surface area contributed by atoms with Crippen molar-refractivity contribution >= 4 is 0 Å². The largest absolute Gasteiger partial charge is 0.493 e. The van der Waals surface area contributed by atoms with Gasteiger partial charge >= 0.3 is 0 Å². The van der Waals surface area contributed by atoms with E-state index >= 15 is 0 Å². The third-order valence-corrected chi connectivity index (χ3v) is 3.81. The zero-order chi connectivity index (χ0) is 15.9. The Kier molecular flexibility index (Phi) is 5.78. The average molecular weight is 300 g/mol. The van der Waals surface area contributed by atoms with Gasteiger partial charge in [-0.25, -0.2) is 0 Å². The van der Waals surface area contributed by atoms with Gasteiger partial charge in [-0.1, -0.05) is 19.9 Å². The van der Waals surface area contributed by atoms with Crippen molar-refractivity contribution < 1.29 is 9.47 Å². The summed E-state index contributed by atoms with van der Waals surface area (Å²) < 4.78 is 10.7. The predicted octanol–water partition coefficient (Wildman–Crippen LogP) is 3.61. The predicted molar refractivity (Wildman–Crippen MR) is 89.4 cm³/mol. The summed E-state index contributed by atoms with van der Waals surface area (Å²) in [7, 11) is 3.29. The molecule has 0 atom stereocenters. The Morgan fingerprint density at radius 2 is 1.64 bits per heavy atom. The molecule has 118 valence electrons. The fourth-order valence-electron chi connectivity index (χ4n) is 2.45. The number of ether oxygens (including phenoxy) is 2. The van der Waals surface area contributed by atoms with Crippen LogP contribution in [0, 0.1) is 0 Å². The summed E-state index contributed by atoms with van der Waals surface area (Å²) in [5, 5.41) is 0. The van der Waals surface area contributed by atoms with Gasteiger partial charge in [-0.05, 0) is 42.4 Å². The highest BCUT2D eigenvalue weighted by Gasteiger charge is 2.08. The van der Waals surface area contributed by atoms with Crippen molar-refractivity contribution in [1.29, 1.82) is 0 Å². The van der Waals surface area contributed by atoms with E-state index in [-0.39, 0.29) is 0 Å². The second kappa shape index (κ2) is 7.80. The number of pyridine rings is 1. The van der Waals surface area contributed by atoms with E-state index in [0.29, 0.717) is 0 Å². The van der Waals surface area contributed by atoms with E-state index in [1.807, 2.05) is 30.6 Å². The normalized spacial score (nSPS) is 10.8. The molecule has 2 rings (SSSR count). The quantitative estimate of drug-likeness (QED) is 0.782. The molecular weight excluding hydrogens is 276 g/mol. The van der Waals surface area contributed by atoms with Crippen molar-refractivity contribution in [2.24, 2.45) is 0 Å². The zero-order valence-corrected chi connectivity index (χ0v) is 13.8. The van der Waals surface area contributed by atoms with Crippen molar-refractivity contribution in [1.82, 2.24) is 9.88 Å². The Balaban J connectivity index is 2.29. The number of rotatable bonds is 7. The SMILES string of the molecule is CCN(CC)Cc1cncc(-c2ccc(OC)c(OC)c2)c1. The number of nitrogens with zero attached hydrogens (tertiary/aromatic N) is 2. The molecule has 0 radical (unpaired) electrons. The molecule has 1 aromatic heterocycles. The molecule has 0 N–H and O–H groups in total. The van der Waals surface area contributed by atoms with E-state index in [2.05, 4.69) is 29.8 Å². The van der Waals surface area contributed by atoms with Gasteiger partial charge in [0.05, 0.1) is 14.2 Å². The van der Waals surface area contributed by atoms with Crippen LogP contribution in [0.2, 0.25) is 0 Å². The summed E-state index contributed by atoms with van der Waals surface area (Å²) in [5.74, 6) is 1.47. The molecule has 0 fully saturated rings. The van der Waals surface area contributed by atoms with E-state index in [1.54, 1.807) is 14.2 Å². The van der Waals surface area contributed by atoms with Crippen molar-refractivity contribution in [2.45, 2.75) is 20.4 Å². The zero-order valence-electron chi connectivity index (χ0n) is 13.8. The molecule has 0 bridgehead atoms. The van der Waals surface area contributed by atoms with E-state index in [0.717, 1.165) is 42.3 Å². The molecule has 4 nitrogen and oxygen atoms in total. The smallest absolute Gasteiger partial charge is 0.161 e. The molecule has 0 aliphatic carbocycles. The number of hydrogen-bond donors (Lipinski definition) is 0. The molecule has 0 saturated carbocycles. The first kappa shape index (κ1) is 16.3. The highest BCUT2D eigenvalue weighted by Crippen LogP contribution is 2.32. The molecule has 0 aliphatic heterocycles. The van der Waals surface area contributed by atoms with Crippen molar-refractivity contribution in [3.63, 3.8) is 0 Å². The molecule has 0 aliphatic rings. The minimum atomic E-state index is 0.731. The Labute approximate surface area is 132 Å². The third kappa shape index (κ3) is 3.77. The molecule has 1 aromatic carbocycles. The number of hydrogen-bond acceptors (Lipinski definition) is 4. The van der Waals surface area contributed by atoms with Crippen LogP contribution < -0.4 is 9.47 Å². The van der Waals surface area contributed by atoms with Gasteiger partial charge in [0.1, 0.15) is 0 Å². The minimum absolute atomic E-state index is 0.731. The maximum absolute atomic E-state index is 5.37. The summed E-state index contributed by atoms with van der Waals surface area (Å²) in [6, 6.07) is 8.12. The molecule has 2 aromatic rings. The van der Waals surface area contributed by atoms with Crippen molar-refractivity contribution in [3.05, 3.63) is 42.2 Å². The van der Waals surface area contributed by atoms with Gasteiger partial charge in [-0.15, -0.1) is 0 Å². The second-order valence-corrected chi connectivity index (χ2v) is 5.11. The number of benzene rings is 1. The second-order valence-electron chi connectivity index (χ2n) is 5.11. The fourth-order valence-corrected chi connectivity index (χ4v) is 2.45. The molecular formula is C18H24N2O2. The summed E-state index contributed by atoms with van der Waals surface area (Å²) in [5.41, 5.74) is 3.38. The lowest BCUT2D eigenvalue weighted by Gasteiger charge is -2.18. The molecule has 0 saturated heterocycles. The Hall–Kier alpha value is -2.07. The topological polar surface area (TPSA) is 34.6 Å². The van der Waals surface area contributed by atoms with Crippen molar-refractivity contribution in [2.75, 3.05) is 27.3 Å². The standard InChI is InChI=1S/C18H24N2O2/c1-5-20(6-2)13-14-9-16(12-19-11-14)15-7-8-17(21-3)18(10-15)22-4/h7-12H,5-6,13H2,1-4H3. The molecule has 0 unspecified atom stereocenters. The third-order valence-electron chi connectivity index (χ3n) is 3.81. The highest BCUT2D eigenvalue weighted by atomic mass is 16.5. The van der Waals surface area contributed by atoms with Crippen LogP contribution in [0.4, 0.5) is 0 Å². The van der Waals surface area contributed by atoms with Gasteiger partial charge in [0.2, 0.25) is 0 Å². The number of methoxy groups -OCH3 is 2. The molecule has 22 heavy (non-hydrogen) atoms. The van der Waals surface area contributed by atoms with E-state index in [1.165, 1.54) is 5.56 Å². The first-order valence-corrected chi connectivity index (χ1v) is 7.60. The van der Waals surface area contributed by atoms with Crippen LogP contribution in [-0.4, -0.2) is 37.2 Å². The molecule has 4 heteroatoms. The molecule has 1 heterocycles. The number of aromatic nitrogens is 1. The van der Waals surface area contributed by atoms with Gasteiger partial charge < -0.3 is 9.47 Å². The first-order chi connectivity index (χ1) is 10.7. The maximum Gasteiger partial charge on any atom is 0.161 e. The van der Waals surface area contributed by atoms with Crippen molar-refractivity contribution in [3.8, 4) is 22.6 Å². The highest BCUT2D eigenvalue weighted by molar-refractivity contribution is 5.67. The van der Waals surface area contributed by atoms with Gasteiger partial charge in [0, 0.05) is 24.5 Å². The van der Waals surface area contributed by atoms with Crippen LogP contribution in [-0.2, 0) is 6.54 Å². The van der Waals surface area contributed by atoms with Gasteiger partial charge in [0.25, 0.3) is 0 Å². The van der Waals surface area contributed by atoms with E-state index in [9.17, 15) is 0 Å². The van der Waals surface area contributed by atoms with E-state index in [4.69, 9.17) is 9.47 Å². The van der Waals surface area contributed by atoms with E-state index < -0.39 is 0 Å². The van der Waals surface area contributed by atoms with Crippen LogP contribution >= 0.6 is 0 Å². The fraction of sp³-hybridized carbons (Fsp3) is 0.389. The lowest BCUT2D eigenvalue weighted by atomic mass is 10.1. The van der Waals surface area contributed by atoms with Crippen LogP contribution in [0.5, 0.6) is 11.5 Å². The van der Waals surface area contributed by atoms with Crippen LogP contribution in [0.25, 0.3) is 11.1 Å². The Morgan fingerprint density at radius 1 is 0.909 bits per heavy atom. The molecule has 0 spiro atoms. The summed E-state index contributed by atoms with van der Waals surface area (Å²) in [6.07, 6.45) is 3.82. The van der Waals surface area contributed by atoms with Crippen LogP contribution in [0.1, 0.15) is 19.4 Å². The van der Waals surface area contributed by atoms with Gasteiger partial charge in [-0.3, -0.25) is 9.88 Å². The maximum atomic E-state index is 5.37. The summed E-state index contributed by atoms with van der Waals surface area (Å²) >= 11 is 0. The Morgan fingerprint density at radius 3 is 2.27 bits per heavy atom. The van der Waals surface area contributed by atoms with Gasteiger partial charge in [0.15, 0.2) is 11.5 Å². The summed E-state index contributed by atoms with van der Waals surface area (Å²) in [4.78, 5) is 6.75. The summed E-state index contributed by atoms with van der Waals surface area (Å²) in [6.45, 7) is 7.35. The Bertz CT molecular complexity index is 610. The monoisotopic (exact) mass is 300 g/mol. The lowest BCUT2D eigenvalue weighted by molar-refractivity contribution is 0.295. The lowest BCUT2D eigenvalue weighted by Crippen LogP contribution is -2.22. The average Bonchev–Trinajstić information content (AvgIpc) is 2.59. The van der Waals surface area contributed by atoms with Crippen LogP contribution in [0.3, 0.4) is 0 Å². The minimum Gasteiger partial charge on any atom is -0.493 e. The first-order valence-electron chi connectivity index (χ1n) is 7.60. The van der Waals surface area contributed by atoms with Crippen LogP contribution in [0.15, 0.2) is 36.7 Å². The molecule has 0 amide bonds. The van der Waals surface area contributed by atoms with Gasteiger partial charge in [-0.2, -0.15) is 0 Å².